The molecule has 3 heteroatoms. The predicted molar refractivity (Wildman–Crippen MR) is 78.6 cm³/mol. The van der Waals surface area contributed by atoms with Crippen LogP contribution < -0.4 is 5.73 Å². The van der Waals surface area contributed by atoms with Crippen LogP contribution >= 0.6 is 0 Å². The lowest BCUT2D eigenvalue weighted by atomic mass is 10.0. The largest absolute Gasteiger partial charge is 0.330 e. The first-order chi connectivity index (χ1) is 9.31. The number of pyridine rings is 1. The van der Waals surface area contributed by atoms with Gasteiger partial charge in [-0.3, -0.25) is 9.88 Å². The molecule has 0 spiro atoms. The highest BCUT2D eigenvalue weighted by atomic mass is 15.1. The molecule has 0 radical (unpaired) electrons. The van der Waals surface area contributed by atoms with Crippen molar-refractivity contribution in [3.8, 4) is 0 Å². The minimum absolute atomic E-state index is 0.361. The molecule has 0 aliphatic heterocycles. The van der Waals surface area contributed by atoms with Gasteiger partial charge in [0.1, 0.15) is 0 Å². The van der Waals surface area contributed by atoms with Gasteiger partial charge < -0.3 is 5.73 Å². The van der Waals surface area contributed by atoms with Gasteiger partial charge in [-0.15, -0.1) is 0 Å². The molecule has 1 aromatic heterocycles. The van der Waals surface area contributed by atoms with Gasteiger partial charge in [-0.1, -0.05) is 30.3 Å². The van der Waals surface area contributed by atoms with Crippen molar-refractivity contribution in [3.63, 3.8) is 0 Å². The van der Waals surface area contributed by atoms with E-state index in [1.807, 2.05) is 18.5 Å². The van der Waals surface area contributed by atoms with E-state index in [9.17, 15) is 0 Å². The quantitative estimate of drug-likeness (QED) is 0.862. The Hall–Kier alpha value is -1.71. The third-order valence-electron chi connectivity index (χ3n) is 3.34. The van der Waals surface area contributed by atoms with Crippen LogP contribution in [0.2, 0.25) is 0 Å². The molecule has 0 amide bonds. The van der Waals surface area contributed by atoms with Crippen molar-refractivity contribution in [2.75, 3.05) is 13.6 Å². The summed E-state index contributed by atoms with van der Waals surface area (Å²) in [5.74, 6) is 0. The van der Waals surface area contributed by atoms with Crippen LogP contribution in [0.1, 0.15) is 23.6 Å². The average Bonchev–Trinajstić information content (AvgIpc) is 2.46. The van der Waals surface area contributed by atoms with E-state index in [1.54, 1.807) is 0 Å². The summed E-state index contributed by atoms with van der Waals surface area (Å²) in [5, 5.41) is 0. The average molecular weight is 255 g/mol. The van der Waals surface area contributed by atoms with Gasteiger partial charge in [0, 0.05) is 25.0 Å². The van der Waals surface area contributed by atoms with E-state index in [2.05, 4.69) is 53.3 Å². The van der Waals surface area contributed by atoms with Crippen LogP contribution in [0.4, 0.5) is 0 Å². The molecule has 0 saturated carbocycles. The van der Waals surface area contributed by atoms with Crippen molar-refractivity contribution in [2.45, 2.75) is 19.0 Å². The highest BCUT2D eigenvalue weighted by Gasteiger charge is 2.16. The molecule has 0 saturated heterocycles. The van der Waals surface area contributed by atoms with Gasteiger partial charge in [0.25, 0.3) is 0 Å². The lowest BCUT2D eigenvalue weighted by Crippen LogP contribution is -2.26. The van der Waals surface area contributed by atoms with E-state index < -0.39 is 0 Å². The lowest BCUT2D eigenvalue weighted by molar-refractivity contribution is 0.227. The zero-order valence-corrected chi connectivity index (χ0v) is 11.4. The summed E-state index contributed by atoms with van der Waals surface area (Å²) < 4.78 is 0. The van der Waals surface area contributed by atoms with Crippen LogP contribution in [0, 0.1) is 0 Å². The minimum Gasteiger partial charge on any atom is -0.330 e. The summed E-state index contributed by atoms with van der Waals surface area (Å²) in [6, 6.07) is 15.0. The van der Waals surface area contributed by atoms with Gasteiger partial charge in [0.2, 0.25) is 0 Å². The van der Waals surface area contributed by atoms with Crippen molar-refractivity contribution in [1.29, 1.82) is 0 Å². The maximum absolute atomic E-state index is 5.76. The Labute approximate surface area is 115 Å². The standard InChI is InChI=1S/C16H21N3/c1-19(13-14-8-11-18-12-9-14)16(7-10-17)15-5-3-2-4-6-15/h2-6,8-9,11-12,16H,7,10,13,17H2,1H3. The molecule has 1 atom stereocenters. The van der Waals surface area contributed by atoms with Gasteiger partial charge in [-0.25, -0.2) is 0 Å². The van der Waals surface area contributed by atoms with Gasteiger partial charge in [-0.2, -0.15) is 0 Å². The molecule has 1 heterocycles. The van der Waals surface area contributed by atoms with Gasteiger partial charge in [0.05, 0.1) is 0 Å². The molecule has 1 unspecified atom stereocenters. The van der Waals surface area contributed by atoms with Gasteiger partial charge in [-0.05, 0) is 43.3 Å². The van der Waals surface area contributed by atoms with Crippen molar-refractivity contribution in [2.24, 2.45) is 5.73 Å². The van der Waals surface area contributed by atoms with E-state index in [0.29, 0.717) is 12.6 Å². The Kier molecular flexibility index (Phi) is 5.07. The second-order valence-corrected chi connectivity index (χ2v) is 4.77. The maximum atomic E-state index is 5.76. The molecular formula is C16H21N3. The summed E-state index contributed by atoms with van der Waals surface area (Å²) in [7, 11) is 2.15. The topological polar surface area (TPSA) is 42.2 Å². The fourth-order valence-electron chi connectivity index (χ4n) is 2.36. The van der Waals surface area contributed by atoms with Crippen LogP contribution in [0.25, 0.3) is 0 Å². The monoisotopic (exact) mass is 255 g/mol. The van der Waals surface area contributed by atoms with E-state index in [4.69, 9.17) is 5.73 Å². The highest BCUT2D eigenvalue weighted by molar-refractivity contribution is 5.19. The normalized spacial score (nSPS) is 12.6. The molecule has 0 aliphatic carbocycles. The second-order valence-electron chi connectivity index (χ2n) is 4.77. The molecule has 2 rings (SSSR count). The van der Waals surface area contributed by atoms with Crippen molar-refractivity contribution in [3.05, 3.63) is 66.0 Å². The number of benzene rings is 1. The van der Waals surface area contributed by atoms with E-state index in [1.165, 1.54) is 11.1 Å². The molecule has 100 valence electrons. The smallest absolute Gasteiger partial charge is 0.0360 e. The highest BCUT2D eigenvalue weighted by Crippen LogP contribution is 2.23. The molecule has 2 aromatic rings. The van der Waals surface area contributed by atoms with Crippen molar-refractivity contribution >= 4 is 0 Å². The number of aromatic nitrogens is 1. The lowest BCUT2D eigenvalue weighted by Gasteiger charge is -2.28. The van der Waals surface area contributed by atoms with Crippen molar-refractivity contribution in [1.82, 2.24) is 9.88 Å². The SMILES string of the molecule is CN(Cc1ccncc1)C(CCN)c1ccccc1. The first kappa shape index (κ1) is 13.7. The summed E-state index contributed by atoms with van der Waals surface area (Å²) in [4.78, 5) is 6.40. The minimum atomic E-state index is 0.361. The summed E-state index contributed by atoms with van der Waals surface area (Å²) in [5.41, 5.74) is 8.36. The number of rotatable bonds is 6. The van der Waals surface area contributed by atoms with Crippen LogP contribution in [-0.2, 0) is 6.54 Å². The van der Waals surface area contributed by atoms with E-state index in [0.717, 1.165) is 13.0 Å². The van der Waals surface area contributed by atoms with Crippen LogP contribution in [0.5, 0.6) is 0 Å². The van der Waals surface area contributed by atoms with E-state index in [-0.39, 0.29) is 0 Å². The fourth-order valence-corrected chi connectivity index (χ4v) is 2.36. The molecular weight excluding hydrogens is 234 g/mol. The summed E-state index contributed by atoms with van der Waals surface area (Å²) in [6.45, 7) is 1.60. The molecule has 0 fully saturated rings. The Bertz CT molecular complexity index is 470. The first-order valence-corrected chi connectivity index (χ1v) is 6.65. The Balaban J connectivity index is 2.11. The molecule has 1 aromatic carbocycles. The van der Waals surface area contributed by atoms with Gasteiger partial charge >= 0.3 is 0 Å². The number of hydrogen-bond donors (Lipinski definition) is 1. The Morgan fingerprint density at radius 3 is 2.42 bits per heavy atom. The number of nitrogens with zero attached hydrogens (tertiary/aromatic N) is 2. The summed E-state index contributed by atoms with van der Waals surface area (Å²) in [6.07, 6.45) is 4.64. The molecule has 2 N–H and O–H groups in total. The zero-order valence-electron chi connectivity index (χ0n) is 11.4. The molecule has 0 aliphatic rings. The Morgan fingerprint density at radius 1 is 1.11 bits per heavy atom. The third kappa shape index (κ3) is 3.88. The van der Waals surface area contributed by atoms with E-state index >= 15 is 0 Å². The van der Waals surface area contributed by atoms with Crippen LogP contribution in [0.15, 0.2) is 54.9 Å². The molecule has 19 heavy (non-hydrogen) atoms. The maximum Gasteiger partial charge on any atom is 0.0360 e. The molecule has 3 nitrogen and oxygen atoms in total. The Morgan fingerprint density at radius 2 is 1.79 bits per heavy atom. The van der Waals surface area contributed by atoms with Gasteiger partial charge in [0.15, 0.2) is 0 Å². The number of hydrogen-bond acceptors (Lipinski definition) is 3. The van der Waals surface area contributed by atoms with Crippen LogP contribution in [0.3, 0.4) is 0 Å². The predicted octanol–water partition coefficient (Wildman–Crippen LogP) is 2.60. The van der Waals surface area contributed by atoms with Crippen molar-refractivity contribution < 1.29 is 0 Å². The molecule has 0 bridgehead atoms. The summed E-state index contributed by atoms with van der Waals surface area (Å²) >= 11 is 0. The fraction of sp³-hybridized carbons (Fsp3) is 0.312. The number of nitrogens with two attached hydrogens (primary N) is 1. The first-order valence-electron chi connectivity index (χ1n) is 6.65. The zero-order chi connectivity index (χ0) is 13.5. The second kappa shape index (κ2) is 7.02. The third-order valence-corrected chi connectivity index (χ3v) is 3.34. The van der Waals surface area contributed by atoms with Crippen LogP contribution in [-0.4, -0.2) is 23.5 Å².